The van der Waals surface area contributed by atoms with Gasteiger partial charge in [0.15, 0.2) is 0 Å². The Bertz CT molecular complexity index is 801. The van der Waals surface area contributed by atoms with Crippen molar-refractivity contribution < 1.29 is 14.4 Å². The second kappa shape index (κ2) is 8.48. The van der Waals surface area contributed by atoms with E-state index in [-0.39, 0.29) is 30.9 Å². The van der Waals surface area contributed by atoms with Crippen LogP contribution in [-0.4, -0.2) is 64.1 Å². The second-order valence-corrected chi connectivity index (χ2v) is 6.50. The molecule has 1 aromatic carbocycles. The predicted octanol–water partition coefficient (Wildman–Crippen LogP) is 1.21. The minimum Gasteiger partial charge on any atom is -0.356 e. The van der Waals surface area contributed by atoms with Gasteiger partial charge >= 0.3 is 6.03 Å². The van der Waals surface area contributed by atoms with Crippen molar-refractivity contribution in [1.82, 2.24) is 24.9 Å². The maximum Gasteiger partial charge on any atom is 0.326 e. The van der Waals surface area contributed by atoms with Crippen molar-refractivity contribution in [3.8, 4) is 5.69 Å². The molecule has 2 aromatic rings. The molecule has 0 saturated carbocycles. The summed E-state index contributed by atoms with van der Waals surface area (Å²) in [5, 5.41) is 7.06. The fourth-order valence-corrected chi connectivity index (χ4v) is 2.96. The van der Waals surface area contributed by atoms with Gasteiger partial charge in [0.25, 0.3) is 0 Å². The maximum atomic E-state index is 11.9. The third-order valence-corrected chi connectivity index (χ3v) is 4.46. The summed E-state index contributed by atoms with van der Waals surface area (Å²) < 4.78 is 1.79. The van der Waals surface area contributed by atoms with Crippen LogP contribution in [0, 0.1) is 0 Å². The highest BCUT2D eigenvalue weighted by Crippen LogP contribution is 2.10. The van der Waals surface area contributed by atoms with Crippen LogP contribution in [0.5, 0.6) is 0 Å². The molecule has 1 saturated heterocycles. The molecule has 3 rings (SSSR count). The minimum atomic E-state index is -0.293. The van der Waals surface area contributed by atoms with Gasteiger partial charge in [-0.05, 0) is 36.6 Å². The summed E-state index contributed by atoms with van der Waals surface area (Å²) in [7, 11) is 1.59. The standard InChI is InChI=1S/C19H23N5O3/c1-22-14-18(26)23(19(22)27)12-2-4-17(25)20-11-9-15-5-7-16(8-6-15)24-13-3-10-21-24/h3,5-8,10,13H,2,4,9,11-12,14H2,1H3,(H,20,25). The van der Waals surface area contributed by atoms with Crippen LogP contribution in [0.4, 0.5) is 4.79 Å². The van der Waals surface area contributed by atoms with Crippen LogP contribution >= 0.6 is 0 Å². The molecule has 1 aromatic heterocycles. The molecule has 0 radical (unpaired) electrons. The van der Waals surface area contributed by atoms with Gasteiger partial charge in [0.1, 0.15) is 6.54 Å². The number of benzene rings is 1. The van der Waals surface area contributed by atoms with Crippen molar-refractivity contribution >= 4 is 17.8 Å². The molecule has 1 fully saturated rings. The molecule has 0 bridgehead atoms. The van der Waals surface area contributed by atoms with E-state index < -0.39 is 0 Å². The van der Waals surface area contributed by atoms with Crippen LogP contribution in [0.2, 0.25) is 0 Å². The number of rotatable bonds is 8. The molecule has 8 heteroatoms. The number of likely N-dealkylation sites (N-methyl/N-ethyl adjacent to an activating group) is 1. The number of hydrogen-bond acceptors (Lipinski definition) is 4. The Labute approximate surface area is 157 Å². The second-order valence-electron chi connectivity index (χ2n) is 6.50. The van der Waals surface area contributed by atoms with Gasteiger partial charge in [-0.25, -0.2) is 9.48 Å². The van der Waals surface area contributed by atoms with Gasteiger partial charge in [0.05, 0.1) is 5.69 Å². The first kappa shape index (κ1) is 18.6. The Kier molecular flexibility index (Phi) is 5.85. The number of hydrogen-bond donors (Lipinski definition) is 1. The highest BCUT2D eigenvalue weighted by atomic mass is 16.2. The Morgan fingerprint density at radius 3 is 2.63 bits per heavy atom. The van der Waals surface area contributed by atoms with Gasteiger partial charge in [-0.15, -0.1) is 0 Å². The molecule has 142 valence electrons. The van der Waals surface area contributed by atoms with Gasteiger partial charge in [-0.3, -0.25) is 14.5 Å². The third kappa shape index (κ3) is 4.72. The summed E-state index contributed by atoms with van der Waals surface area (Å²) >= 11 is 0. The van der Waals surface area contributed by atoms with Gasteiger partial charge in [0.2, 0.25) is 11.8 Å². The Hall–Kier alpha value is -3.16. The molecule has 4 amide bonds. The van der Waals surface area contributed by atoms with Crippen molar-refractivity contribution in [2.45, 2.75) is 19.3 Å². The molecular formula is C19H23N5O3. The number of carbonyl (C=O) groups is 3. The van der Waals surface area contributed by atoms with E-state index in [9.17, 15) is 14.4 Å². The Morgan fingerprint density at radius 2 is 2.00 bits per heavy atom. The SMILES string of the molecule is CN1CC(=O)N(CCCC(=O)NCCc2ccc(-n3cccn3)cc2)C1=O. The quantitative estimate of drug-likeness (QED) is 0.709. The van der Waals surface area contributed by atoms with Gasteiger partial charge in [-0.1, -0.05) is 12.1 Å². The fourth-order valence-electron chi connectivity index (χ4n) is 2.96. The summed E-state index contributed by atoms with van der Waals surface area (Å²) in [6.07, 6.45) is 5.11. The first-order valence-corrected chi connectivity index (χ1v) is 8.96. The number of carbonyl (C=O) groups excluding carboxylic acids is 3. The van der Waals surface area contributed by atoms with E-state index in [0.29, 0.717) is 19.4 Å². The molecule has 1 aliphatic rings. The van der Waals surface area contributed by atoms with Crippen LogP contribution in [0.1, 0.15) is 18.4 Å². The van der Waals surface area contributed by atoms with Crippen LogP contribution in [-0.2, 0) is 16.0 Å². The zero-order valence-electron chi connectivity index (χ0n) is 15.3. The number of nitrogens with zero attached hydrogens (tertiary/aromatic N) is 4. The van der Waals surface area contributed by atoms with E-state index in [1.807, 2.05) is 36.5 Å². The van der Waals surface area contributed by atoms with Gasteiger partial charge in [0, 0.05) is 39.0 Å². The number of aromatic nitrogens is 2. The zero-order chi connectivity index (χ0) is 19.2. The molecular weight excluding hydrogens is 346 g/mol. The molecule has 0 spiro atoms. The van der Waals surface area contributed by atoms with Crippen LogP contribution < -0.4 is 5.32 Å². The fraction of sp³-hybridized carbons (Fsp3) is 0.368. The zero-order valence-corrected chi connectivity index (χ0v) is 15.3. The van der Waals surface area contributed by atoms with Crippen molar-refractivity contribution in [3.63, 3.8) is 0 Å². The number of urea groups is 1. The minimum absolute atomic E-state index is 0.0735. The lowest BCUT2D eigenvalue weighted by Gasteiger charge is -2.13. The average Bonchev–Trinajstić information content (AvgIpc) is 3.27. The summed E-state index contributed by atoms with van der Waals surface area (Å²) in [6.45, 7) is 0.943. The van der Waals surface area contributed by atoms with Gasteiger partial charge in [-0.2, -0.15) is 5.10 Å². The average molecular weight is 369 g/mol. The highest BCUT2D eigenvalue weighted by Gasteiger charge is 2.32. The number of nitrogens with one attached hydrogen (secondary N) is 1. The van der Waals surface area contributed by atoms with E-state index in [4.69, 9.17) is 0 Å². The van der Waals surface area contributed by atoms with Crippen molar-refractivity contribution in [1.29, 1.82) is 0 Å². The van der Waals surface area contributed by atoms with Gasteiger partial charge < -0.3 is 10.2 Å². The monoisotopic (exact) mass is 369 g/mol. The van der Waals surface area contributed by atoms with E-state index in [0.717, 1.165) is 17.7 Å². The first-order chi connectivity index (χ1) is 13.0. The first-order valence-electron chi connectivity index (χ1n) is 8.96. The van der Waals surface area contributed by atoms with E-state index in [1.54, 1.807) is 17.9 Å². The number of imide groups is 1. The van der Waals surface area contributed by atoms with Crippen LogP contribution in [0.3, 0.4) is 0 Å². The largest absolute Gasteiger partial charge is 0.356 e. The molecule has 8 nitrogen and oxygen atoms in total. The molecule has 0 aliphatic carbocycles. The van der Waals surface area contributed by atoms with Crippen LogP contribution in [0.25, 0.3) is 5.69 Å². The normalized spacial score (nSPS) is 14.1. The third-order valence-electron chi connectivity index (χ3n) is 4.46. The van der Waals surface area contributed by atoms with E-state index >= 15 is 0 Å². The summed E-state index contributed by atoms with van der Waals surface area (Å²) in [4.78, 5) is 37.9. The smallest absolute Gasteiger partial charge is 0.326 e. The molecule has 1 aliphatic heterocycles. The lowest BCUT2D eigenvalue weighted by molar-refractivity contribution is -0.126. The van der Waals surface area contributed by atoms with Crippen molar-refractivity contribution in [2.24, 2.45) is 0 Å². The molecule has 0 atom stereocenters. The summed E-state index contributed by atoms with van der Waals surface area (Å²) in [5.41, 5.74) is 2.12. The van der Waals surface area contributed by atoms with E-state index in [2.05, 4.69) is 10.4 Å². The van der Waals surface area contributed by atoms with Crippen molar-refractivity contribution in [2.75, 3.05) is 26.7 Å². The lowest BCUT2D eigenvalue weighted by atomic mass is 10.1. The molecule has 27 heavy (non-hydrogen) atoms. The Balaban J connectivity index is 1.35. The topological polar surface area (TPSA) is 87.5 Å². The van der Waals surface area contributed by atoms with E-state index in [1.165, 1.54) is 9.80 Å². The highest BCUT2D eigenvalue weighted by molar-refractivity contribution is 6.01. The molecule has 2 heterocycles. The summed E-state index contributed by atoms with van der Waals surface area (Å²) in [5.74, 6) is -0.280. The number of amides is 4. The Morgan fingerprint density at radius 1 is 1.22 bits per heavy atom. The summed E-state index contributed by atoms with van der Waals surface area (Å²) in [6, 6.07) is 9.60. The molecule has 0 unspecified atom stereocenters. The predicted molar refractivity (Wildman–Crippen MR) is 99.3 cm³/mol. The lowest BCUT2D eigenvalue weighted by Crippen LogP contribution is -2.33. The van der Waals surface area contributed by atoms with Crippen LogP contribution in [0.15, 0.2) is 42.7 Å². The maximum absolute atomic E-state index is 11.9. The van der Waals surface area contributed by atoms with Crippen molar-refractivity contribution in [3.05, 3.63) is 48.3 Å². The molecule has 1 N–H and O–H groups in total.